The van der Waals surface area contributed by atoms with Crippen molar-refractivity contribution in [2.45, 2.75) is 25.4 Å². The molecule has 22 heavy (non-hydrogen) atoms. The number of aromatic nitrogens is 1. The normalized spacial score (nSPS) is 21.8. The van der Waals surface area contributed by atoms with Gasteiger partial charge in [0.15, 0.2) is 0 Å². The Morgan fingerprint density at radius 1 is 1.27 bits per heavy atom. The van der Waals surface area contributed by atoms with Gasteiger partial charge in [-0.1, -0.05) is 6.07 Å². The second-order valence-electron chi connectivity index (χ2n) is 5.73. The Morgan fingerprint density at radius 3 is 2.86 bits per heavy atom. The van der Waals surface area contributed by atoms with E-state index in [1.807, 2.05) is 4.90 Å². The molecule has 1 aromatic rings. The minimum Gasteiger partial charge on any atom is -0.339 e. The van der Waals surface area contributed by atoms with Crippen LogP contribution in [0, 0.1) is 0 Å². The summed E-state index contributed by atoms with van der Waals surface area (Å²) in [5.41, 5.74) is -0.177. The number of carbonyl (C=O) groups is 2. The molecule has 118 valence electrons. The van der Waals surface area contributed by atoms with E-state index in [4.69, 9.17) is 0 Å². The first-order valence-electron chi connectivity index (χ1n) is 7.63. The fraction of sp³-hybridized carbons (Fsp3) is 0.533. The van der Waals surface area contributed by atoms with Crippen molar-refractivity contribution in [3.05, 3.63) is 34.7 Å². The molecule has 0 bridgehead atoms. The molecule has 1 aromatic heterocycles. The van der Waals surface area contributed by atoms with E-state index in [0.29, 0.717) is 26.2 Å². The lowest BCUT2D eigenvalue weighted by atomic mass is 10.0. The van der Waals surface area contributed by atoms with E-state index >= 15 is 0 Å². The molecule has 3 rings (SSSR count). The minimum atomic E-state index is -0.177. The number of likely N-dealkylation sites (tertiary alicyclic amines) is 1. The zero-order valence-electron chi connectivity index (χ0n) is 12.4. The standard InChI is InChI=1S/C15H20N4O3/c20-13-5-1-2-7-18(13)11-14(21)17-8-3-4-12(10-17)19-9-6-16-15(19)22/h1-2,5,7,12H,3-4,6,8-11H2,(H,16,22). The van der Waals surface area contributed by atoms with Crippen LogP contribution in [-0.4, -0.2) is 58.5 Å². The van der Waals surface area contributed by atoms with Crippen LogP contribution in [-0.2, 0) is 11.3 Å². The Hall–Kier alpha value is -2.31. The van der Waals surface area contributed by atoms with E-state index in [-0.39, 0.29) is 30.1 Å². The van der Waals surface area contributed by atoms with Crippen molar-refractivity contribution in [3.63, 3.8) is 0 Å². The first kappa shape index (κ1) is 14.6. The number of pyridine rings is 1. The van der Waals surface area contributed by atoms with Crippen LogP contribution in [0.5, 0.6) is 0 Å². The molecule has 7 nitrogen and oxygen atoms in total. The van der Waals surface area contributed by atoms with Gasteiger partial charge in [-0.25, -0.2) is 4.79 Å². The van der Waals surface area contributed by atoms with E-state index in [2.05, 4.69) is 5.32 Å². The maximum absolute atomic E-state index is 12.4. The van der Waals surface area contributed by atoms with Gasteiger partial charge in [-0.3, -0.25) is 9.59 Å². The summed E-state index contributed by atoms with van der Waals surface area (Å²) < 4.78 is 1.41. The molecule has 1 N–H and O–H groups in total. The highest BCUT2D eigenvalue weighted by atomic mass is 16.2. The number of carbonyl (C=O) groups excluding carboxylic acids is 2. The largest absolute Gasteiger partial charge is 0.339 e. The highest BCUT2D eigenvalue weighted by Gasteiger charge is 2.32. The van der Waals surface area contributed by atoms with Crippen LogP contribution in [0.4, 0.5) is 4.79 Å². The predicted molar refractivity (Wildman–Crippen MR) is 80.4 cm³/mol. The van der Waals surface area contributed by atoms with Crippen LogP contribution in [0.3, 0.4) is 0 Å². The maximum Gasteiger partial charge on any atom is 0.317 e. The summed E-state index contributed by atoms with van der Waals surface area (Å²) in [4.78, 5) is 39.4. The molecule has 0 aliphatic carbocycles. The third-order valence-corrected chi connectivity index (χ3v) is 4.28. The van der Waals surface area contributed by atoms with Crippen molar-refractivity contribution < 1.29 is 9.59 Å². The molecule has 7 heteroatoms. The number of amides is 3. The average molecular weight is 304 g/mol. The summed E-state index contributed by atoms with van der Waals surface area (Å²) in [7, 11) is 0. The summed E-state index contributed by atoms with van der Waals surface area (Å²) in [6.07, 6.45) is 3.42. The molecule has 2 aliphatic rings. The second-order valence-corrected chi connectivity index (χ2v) is 5.73. The molecule has 1 unspecified atom stereocenters. The maximum atomic E-state index is 12.4. The third-order valence-electron chi connectivity index (χ3n) is 4.28. The highest BCUT2D eigenvalue weighted by molar-refractivity contribution is 5.78. The van der Waals surface area contributed by atoms with Crippen molar-refractivity contribution in [2.24, 2.45) is 0 Å². The third kappa shape index (κ3) is 2.98. The number of nitrogens with one attached hydrogen (secondary N) is 1. The van der Waals surface area contributed by atoms with Gasteiger partial charge in [0.2, 0.25) is 5.91 Å². The molecule has 0 radical (unpaired) electrons. The van der Waals surface area contributed by atoms with Crippen LogP contribution in [0.15, 0.2) is 29.2 Å². The van der Waals surface area contributed by atoms with Gasteiger partial charge < -0.3 is 19.7 Å². The predicted octanol–water partition coefficient (Wildman–Crippen LogP) is -0.135. The zero-order chi connectivity index (χ0) is 15.5. The topological polar surface area (TPSA) is 74.7 Å². The molecule has 3 amide bonds. The van der Waals surface area contributed by atoms with E-state index < -0.39 is 0 Å². The summed E-state index contributed by atoms with van der Waals surface area (Å²) >= 11 is 0. The summed E-state index contributed by atoms with van der Waals surface area (Å²) in [5, 5.41) is 2.80. The Bertz CT molecular complexity index is 627. The molecular weight excluding hydrogens is 284 g/mol. The van der Waals surface area contributed by atoms with Crippen LogP contribution >= 0.6 is 0 Å². The monoisotopic (exact) mass is 304 g/mol. The van der Waals surface area contributed by atoms with Gasteiger partial charge in [-0.05, 0) is 18.9 Å². The molecular formula is C15H20N4O3. The molecule has 0 saturated carbocycles. The van der Waals surface area contributed by atoms with Crippen LogP contribution in [0.25, 0.3) is 0 Å². The van der Waals surface area contributed by atoms with Crippen molar-refractivity contribution in [1.29, 1.82) is 0 Å². The number of piperidine rings is 1. The Labute approximate surface area is 128 Å². The van der Waals surface area contributed by atoms with E-state index in [1.54, 1.807) is 23.2 Å². The zero-order valence-corrected chi connectivity index (χ0v) is 12.4. The van der Waals surface area contributed by atoms with Gasteiger partial charge in [0, 0.05) is 38.4 Å². The number of hydrogen-bond donors (Lipinski definition) is 1. The number of urea groups is 1. The summed E-state index contributed by atoms with van der Waals surface area (Å²) in [6, 6.07) is 4.88. The molecule has 0 spiro atoms. The summed E-state index contributed by atoms with van der Waals surface area (Å²) in [5.74, 6) is -0.0717. The first-order chi connectivity index (χ1) is 10.6. The van der Waals surface area contributed by atoms with Gasteiger partial charge in [0.1, 0.15) is 6.54 Å². The van der Waals surface area contributed by atoms with Crippen molar-refractivity contribution in [3.8, 4) is 0 Å². The van der Waals surface area contributed by atoms with E-state index in [1.165, 1.54) is 10.6 Å². The van der Waals surface area contributed by atoms with Crippen molar-refractivity contribution in [2.75, 3.05) is 26.2 Å². The van der Waals surface area contributed by atoms with Crippen molar-refractivity contribution >= 4 is 11.9 Å². The first-order valence-corrected chi connectivity index (χ1v) is 7.63. The quantitative estimate of drug-likeness (QED) is 0.845. The minimum absolute atomic E-state index is 0.0430. The van der Waals surface area contributed by atoms with Gasteiger partial charge in [0.05, 0.1) is 6.04 Å². The molecule has 2 fully saturated rings. The number of nitrogens with zero attached hydrogens (tertiary/aromatic N) is 3. The van der Waals surface area contributed by atoms with Gasteiger partial charge in [0.25, 0.3) is 5.56 Å². The fourth-order valence-corrected chi connectivity index (χ4v) is 3.11. The molecule has 2 aliphatic heterocycles. The van der Waals surface area contributed by atoms with Gasteiger partial charge >= 0.3 is 6.03 Å². The number of hydrogen-bond acceptors (Lipinski definition) is 3. The smallest absolute Gasteiger partial charge is 0.317 e. The molecule has 2 saturated heterocycles. The SMILES string of the molecule is O=C(Cn1ccccc1=O)N1CCCC(N2CCNC2=O)C1. The van der Waals surface area contributed by atoms with Crippen molar-refractivity contribution in [1.82, 2.24) is 19.7 Å². The van der Waals surface area contributed by atoms with Gasteiger partial charge in [-0.15, -0.1) is 0 Å². The molecule has 3 heterocycles. The van der Waals surface area contributed by atoms with E-state index in [0.717, 1.165) is 12.8 Å². The lowest BCUT2D eigenvalue weighted by Crippen LogP contribution is -2.51. The Kier molecular flexibility index (Phi) is 4.13. The Balaban J connectivity index is 1.64. The fourth-order valence-electron chi connectivity index (χ4n) is 3.11. The van der Waals surface area contributed by atoms with Crippen LogP contribution < -0.4 is 10.9 Å². The summed E-state index contributed by atoms with van der Waals surface area (Å²) in [6.45, 7) is 2.66. The van der Waals surface area contributed by atoms with Gasteiger partial charge in [-0.2, -0.15) is 0 Å². The second kappa shape index (κ2) is 6.21. The molecule has 1 atom stereocenters. The highest BCUT2D eigenvalue weighted by Crippen LogP contribution is 2.18. The number of rotatable bonds is 3. The van der Waals surface area contributed by atoms with Crippen LogP contribution in [0.2, 0.25) is 0 Å². The Morgan fingerprint density at radius 2 is 2.14 bits per heavy atom. The average Bonchev–Trinajstić information content (AvgIpc) is 2.96. The van der Waals surface area contributed by atoms with Crippen LogP contribution in [0.1, 0.15) is 12.8 Å². The lowest BCUT2D eigenvalue weighted by molar-refractivity contribution is -0.133. The lowest BCUT2D eigenvalue weighted by Gasteiger charge is -2.37. The molecule has 0 aromatic carbocycles. The van der Waals surface area contributed by atoms with E-state index in [9.17, 15) is 14.4 Å².